The molecule has 4 rings (SSSR count). The van der Waals surface area contributed by atoms with Crippen LogP contribution in [0.3, 0.4) is 0 Å². The van der Waals surface area contributed by atoms with Crippen molar-refractivity contribution in [2.45, 2.75) is 66.0 Å². The standard InChI is InChI=1S/C24H36N2O3S/c1-18-8-11-26(12-9-18)16-20-6-4-5-19(13-20)15-25-30(28,29)17-24-10-7-21(14-22(24)27)23(24,2)3/h4-6,13,18,21,25H,7-12,14-17H2,1-3H3. The maximum Gasteiger partial charge on any atom is 0.212 e. The maximum atomic E-state index is 12.9. The molecule has 3 aliphatic rings. The minimum Gasteiger partial charge on any atom is -0.299 e. The first-order valence-electron chi connectivity index (χ1n) is 11.4. The van der Waals surface area contributed by atoms with Crippen molar-refractivity contribution < 1.29 is 13.2 Å². The van der Waals surface area contributed by atoms with Crippen LogP contribution in [0.25, 0.3) is 0 Å². The fourth-order valence-corrected chi connectivity index (χ4v) is 7.81. The van der Waals surface area contributed by atoms with Gasteiger partial charge >= 0.3 is 0 Å². The highest BCUT2D eigenvalue weighted by Gasteiger charge is 2.65. The summed E-state index contributed by atoms with van der Waals surface area (Å²) < 4.78 is 28.7. The van der Waals surface area contributed by atoms with E-state index in [9.17, 15) is 13.2 Å². The van der Waals surface area contributed by atoms with Gasteiger partial charge in [0.1, 0.15) is 5.78 Å². The quantitative estimate of drug-likeness (QED) is 0.713. The Balaban J connectivity index is 1.38. The third kappa shape index (κ3) is 4.11. The lowest BCUT2D eigenvalue weighted by atomic mass is 9.70. The number of ketones is 1. The van der Waals surface area contributed by atoms with Gasteiger partial charge in [0.25, 0.3) is 0 Å². The molecule has 3 fully saturated rings. The van der Waals surface area contributed by atoms with Crippen molar-refractivity contribution >= 4 is 15.8 Å². The van der Waals surface area contributed by atoms with Crippen LogP contribution in [0.2, 0.25) is 0 Å². The number of fused-ring (bicyclic) bond motifs is 2. The monoisotopic (exact) mass is 432 g/mol. The van der Waals surface area contributed by atoms with Gasteiger partial charge in [-0.1, -0.05) is 45.0 Å². The lowest BCUT2D eigenvalue weighted by molar-refractivity contribution is -0.128. The zero-order chi connectivity index (χ0) is 21.6. The van der Waals surface area contributed by atoms with E-state index < -0.39 is 15.4 Å². The van der Waals surface area contributed by atoms with Gasteiger partial charge in [0, 0.05) is 24.9 Å². The molecule has 5 nitrogen and oxygen atoms in total. The van der Waals surface area contributed by atoms with Crippen molar-refractivity contribution in [2.75, 3.05) is 18.8 Å². The van der Waals surface area contributed by atoms with Gasteiger partial charge in [-0.25, -0.2) is 13.1 Å². The van der Waals surface area contributed by atoms with Crippen molar-refractivity contribution in [3.63, 3.8) is 0 Å². The number of hydrogen-bond acceptors (Lipinski definition) is 4. The van der Waals surface area contributed by atoms with Gasteiger partial charge in [0.2, 0.25) is 10.0 Å². The van der Waals surface area contributed by atoms with E-state index >= 15 is 0 Å². The molecule has 166 valence electrons. The Morgan fingerprint density at radius 2 is 1.83 bits per heavy atom. The topological polar surface area (TPSA) is 66.5 Å². The summed E-state index contributed by atoms with van der Waals surface area (Å²) in [6.45, 7) is 9.93. The van der Waals surface area contributed by atoms with Gasteiger partial charge in [-0.05, 0) is 67.2 Å². The lowest BCUT2D eigenvalue weighted by Crippen LogP contribution is -2.45. The van der Waals surface area contributed by atoms with Gasteiger partial charge < -0.3 is 0 Å². The summed E-state index contributed by atoms with van der Waals surface area (Å²) in [6, 6.07) is 8.21. The molecule has 1 aliphatic heterocycles. The molecule has 30 heavy (non-hydrogen) atoms. The Morgan fingerprint density at radius 3 is 2.47 bits per heavy atom. The van der Waals surface area contributed by atoms with E-state index in [0.29, 0.717) is 18.8 Å². The van der Waals surface area contributed by atoms with Gasteiger partial charge in [-0.15, -0.1) is 0 Å². The molecule has 1 heterocycles. The minimum atomic E-state index is -3.54. The Kier molecular flexibility index (Phi) is 5.88. The molecular weight excluding hydrogens is 396 g/mol. The van der Waals surface area contributed by atoms with E-state index in [1.807, 2.05) is 12.1 Å². The van der Waals surface area contributed by atoms with Gasteiger partial charge in [0.15, 0.2) is 0 Å². The second kappa shape index (κ2) is 8.03. The number of rotatable bonds is 7. The number of piperidine rings is 1. The van der Waals surface area contributed by atoms with Crippen LogP contribution in [-0.2, 0) is 27.9 Å². The number of nitrogens with zero attached hydrogens (tertiary/aromatic N) is 1. The largest absolute Gasteiger partial charge is 0.299 e. The predicted octanol–water partition coefficient (Wildman–Crippen LogP) is 3.73. The predicted molar refractivity (Wildman–Crippen MR) is 119 cm³/mol. The molecule has 2 bridgehead atoms. The number of hydrogen-bond donors (Lipinski definition) is 1. The highest BCUT2D eigenvalue weighted by Crippen LogP contribution is 2.64. The number of Topliss-reactive ketones (excluding diaryl/α,β-unsaturated/α-hetero) is 1. The van der Waals surface area contributed by atoms with E-state index in [1.54, 1.807) is 0 Å². The van der Waals surface area contributed by atoms with Crippen LogP contribution in [0.4, 0.5) is 0 Å². The first-order valence-corrected chi connectivity index (χ1v) is 13.1. The second-order valence-electron chi connectivity index (χ2n) is 10.5. The SMILES string of the molecule is CC1CCN(Cc2cccc(CNS(=O)(=O)CC34CCC(CC3=O)C4(C)C)c2)CC1. The zero-order valence-corrected chi connectivity index (χ0v) is 19.4. The van der Waals surface area contributed by atoms with Crippen LogP contribution in [0, 0.1) is 22.7 Å². The summed E-state index contributed by atoms with van der Waals surface area (Å²) in [7, 11) is -3.54. The number of carbonyl (C=O) groups excluding carboxylic acids is 1. The third-order valence-corrected chi connectivity index (χ3v) is 9.80. The molecule has 1 N–H and O–H groups in total. The molecule has 0 aromatic heterocycles. The molecule has 0 radical (unpaired) electrons. The lowest BCUT2D eigenvalue weighted by Gasteiger charge is -2.36. The summed E-state index contributed by atoms with van der Waals surface area (Å²) in [6.07, 6.45) is 4.70. The van der Waals surface area contributed by atoms with Crippen LogP contribution in [0.15, 0.2) is 24.3 Å². The molecule has 6 heteroatoms. The molecule has 1 aromatic rings. The molecule has 1 aromatic carbocycles. The Labute approximate surface area is 181 Å². The average Bonchev–Trinajstić information content (AvgIpc) is 3.03. The van der Waals surface area contributed by atoms with Gasteiger partial charge in [-0.3, -0.25) is 9.69 Å². The normalized spacial score (nSPS) is 29.6. The van der Waals surface area contributed by atoms with Crippen molar-refractivity contribution in [3.05, 3.63) is 35.4 Å². The molecule has 2 saturated carbocycles. The van der Waals surface area contributed by atoms with Crippen LogP contribution >= 0.6 is 0 Å². The highest BCUT2D eigenvalue weighted by molar-refractivity contribution is 7.89. The number of carbonyl (C=O) groups is 1. The van der Waals surface area contributed by atoms with E-state index in [2.05, 4.69) is 42.5 Å². The van der Waals surface area contributed by atoms with E-state index in [4.69, 9.17) is 0 Å². The number of likely N-dealkylation sites (tertiary alicyclic amines) is 1. The first-order chi connectivity index (χ1) is 14.1. The van der Waals surface area contributed by atoms with Gasteiger partial charge in [0.05, 0.1) is 5.75 Å². The Bertz CT molecular complexity index is 903. The second-order valence-corrected chi connectivity index (χ2v) is 12.3. The molecule has 2 unspecified atom stereocenters. The highest BCUT2D eigenvalue weighted by atomic mass is 32.2. The fourth-order valence-electron chi connectivity index (χ4n) is 5.99. The fraction of sp³-hybridized carbons (Fsp3) is 0.708. The van der Waals surface area contributed by atoms with Crippen molar-refractivity contribution in [3.8, 4) is 0 Å². The smallest absolute Gasteiger partial charge is 0.212 e. The molecule has 2 atom stereocenters. The van der Waals surface area contributed by atoms with E-state index in [0.717, 1.165) is 37.5 Å². The summed E-state index contributed by atoms with van der Waals surface area (Å²) >= 11 is 0. The maximum absolute atomic E-state index is 12.9. The van der Waals surface area contributed by atoms with E-state index in [1.165, 1.54) is 18.4 Å². The number of nitrogens with one attached hydrogen (secondary N) is 1. The first kappa shape index (κ1) is 22.0. The van der Waals surface area contributed by atoms with Gasteiger partial charge in [-0.2, -0.15) is 0 Å². The van der Waals surface area contributed by atoms with E-state index in [-0.39, 0.29) is 23.5 Å². The van der Waals surface area contributed by atoms with Crippen molar-refractivity contribution in [1.29, 1.82) is 0 Å². The van der Waals surface area contributed by atoms with Crippen molar-refractivity contribution in [1.82, 2.24) is 9.62 Å². The summed E-state index contributed by atoms with van der Waals surface area (Å²) in [5.74, 6) is 1.21. The molecule has 0 spiro atoms. The summed E-state index contributed by atoms with van der Waals surface area (Å²) in [5, 5.41) is 0. The van der Waals surface area contributed by atoms with Crippen LogP contribution in [0.1, 0.15) is 64.0 Å². The number of benzene rings is 1. The minimum absolute atomic E-state index is 0.0754. The molecule has 2 aliphatic carbocycles. The van der Waals surface area contributed by atoms with Crippen LogP contribution in [0.5, 0.6) is 0 Å². The third-order valence-electron chi connectivity index (χ3n) is 8.35. The van der Waals surface area contributed by atoms with Crippen LogP contribution in [-0.4, -0.2) is 37.9 Å². The van der Waals surface area contributed by atoms with Crippen molar-refractivity contribution in [2.24, 2.45) is 22.7 Å². The summed E-state index contributed by atoms with van der Waals surface area (Å²) in [5.41, 5.74) is 1.26. The van der Waals surface area contributed by atoms with Crippen LogP contribution < -0.4 is 4.72 Å². The Hall–Kier alpha value is -1.24. The molecule has 0 amide bonds. The average molecular weight is 433 g/mol. The number of sulfonamides is 1. The summed E-state index contributed by atoms with van der Waals surface area (Å²) in [4.78, 5) is 15.2. The zero-order valence-electron chi connectivity index (χ0n) is 18.6. The molecular formula is C24H36N2O3S. The molecule has 1 saturated heterocycles. The Morgan fingerprint density at radius 1 is 1.13 bits per heavy atom.